The molecule has 0 unspecified atom stereocenters. The average molecular weight is 228 g/mol. The molecule has 0 bridgehead atoms. The highest BCUT2D eigenvalue weighted by atomic mass is 16.3. The largest absolute Gasteiger partial charge is 0.458 e. The number of hydrogen-bond donors (Lipinski definition) is 0. The second-order valence-electron chi connectivity index (χ2n) is 4.15. The van der Waals surface area contributed by atoms with Crippen LogP contribution < -0.4 is 0 Å². The molecule has 0 aliphatic rings. The van der Waals surface area contributed by atoms with Crippen molar-refractivity contribution < 1.29 is 9.21 Å². The summed E-state index contributed by atoms with van der Waals surface area (Å²) in [6.45, 7) is 4.02. The molecule has 1 aromatic carbocycles. The van der Waals surface area contributed by atoms with Crippen LogP contribution in [0.25, 0.3) is 0 Å². The molecule has 0 saturated heterocycles. The molecule has 0 spiro atoms. The number of carbonyl (C=O) groups is 1. The van der Waals surface area contributed by atoms with Crippen molar-refractivity contribution in [2.75, 3.05) is 0 Å². The molecule has 0 radical (unpaired) electrons. The summed E-state index contributed by atoms with van der Waals surface area (Å²) in [6, 6.07) is 11.6. The normalized spacial score (nSPS) is 10.5. The van der Waals surface area contributed by atoms with Gasteiger partial charge < -0.3 is 4.42 Å². The van der Waals surface area contributed by atoms with E-state index in [0.29, 0.717) is 12.2 Å². The highest BCUT2D eigenvalue weighted by Gasteiger charge is 2.12. The smallest absolute Gasteiger partial charge is 0.202 e. The van der Waals surface area contributed by atoms with Gasteiger partial charge in [-0.3, -0.25) is 4.79 Å². The first-order valence-electron chi connectivity index (χ1n) is 5.87. The van der Waals surface area contributed by atoms with Crippen LogP contribution in [0.5, 0.6) is 0 Å². The monoisotopic (exact) mass is 228 g/mol. The van der Waals surface area contributed by atoms with Crippen molar-refractivity contribution >= 4 is 5.78 Å². The lowest BCUT2D eigenvalue weighted by atomic mass is 10.0. The van der Waals surface area contributed by atoms with E-state index in [9.17, 15) is 4.79 Å². The lowest BCUT2D eigenvalue weighted by Crippen LogP contribution is -2.03. The van der Waals surface area contributed by atoms with Gasteiger partial charge >= 0.3 is 0 Å². The molecular formula is C15H16O2. The third-order valence-corrected chi connectivity index (χ3v) is 2.90. The molecule has 2 aromatic rings. The van der Waals surface area contributed by atoms with E-state index in [4.69, 9.17) is 4.42 Å². The molecule has 1 aromatic heterocycles. The van der Waals surface area contributed by atoms with Gasteiger partial charge in [0.1, 0.15) is 5.76 Å². The van der Waals surface area contributed by atoms with Gasteiger partial charge in [0.05, 0.1) is 0 Å². The fourth-order valence-electron chi connectivity index (χ4n) is 1.79. The average Bonchev–Trinajstić information content (AvgIpc) is 2.81. The topological polar surface area (TPSA) is 30.2 Å². The van der Waals surface area contributed by atoms with E-state index in [1.165, 1.54) is 0 Å². The number of furan rings is 1. The van der Waals surface area contributed by atoms with E-state index in [1.54, 1.807) is 6.07 Å². The number of ketones is 1. The molecule has 1 heterocycles. The van der Waals surface area contributed by atoms with Crippen LogP contribution in [-0.4, -0.2) is 5.78 Å². The lowest BCUT2D eigenvalue weighted by molar-refractivity contribution is 0.0964. The number of aryl methyl sites for hydroxylation is 2. The third-order valence-electron chi connectivity index (χ3n) is 2.90. The van der Waals surface area contributed by atoms with Crippen LogP contribution in [0.15, 0.2) is 40.8 Å². The van der Waals surface area contributed by atoms with Crippen molar-refractivity contribution in [3.05, 3.63) is 59.0 Å². The minimum atomic E-state index is 0.0407. The van der Waals surface area contributed by atoms with Gasteiger partial charge in [-0.25, -0.2) is 0 Å². The molecule has 17 heavy (non-hydrogen) atoms. The van der Waals surface area contributed by atoms with Crippen LogP contribution in [0.1, 0.15) is 34.4 Å². The summed E-state index contributed by atoms with van der Waals surface area (Å²) in [5.74, 6) is 1.36. The maximum absolute atomic E-state index is 12.0. The van der Waals surface area contributed by atoms with Crippen molar-refractivity contribution in [1.29, 1.82) is 0 Å². The second-order valence-corrected chi connectivity index (χ2v) is 4.15. The number of Topliss-reactive ketones (excluding diaryl/α,β-unsaturated/α-hetero) is 1. The Morgan fingerprint density at radius 1 is 1.18 bits per heavy atom. The summed E-state index contributed by atoms with van der Waals surface area (Å²) >= 11 is 0. The maximum atomic E-state index is 12.0. The minimum absolute atomic E-state index is 0.0407. The molecular weight excluding hydrogens is 212 g/mol. The first kappa shape index (κ1) is 11.6. The first-order valence-corrected chi connectivity index (χ1v) is 5.87. The molecule has 0 aliphatic carbocycles. The highest BCUT2D eigenvalue weighted by Crippen LogP contribution is 2.14. The van der Waals surface area contributed by atoms with Crippen molar-refractivity contribution in [3.63, 3.8) is 0 Å². The Kier molecular flexibility index (Phi) is 3.43. The van der Waals surface area contributed by atoms with Crippen LogP contribution in [0.2, 0.25) is 0 Å². The van der Waals surface area contributed by atoms with Crippen LogP contribution in [-0.2, 0) is 12.8 Å². The zero-order valence-electron chi connectivity index (χ0n) is 10.2. The minimum Gasteiger partial charge on any atom is -0.458 e. The van der Waals surface area contributed by atoms with Crippen molar-refractivity contribution in [2.45, 2.75) is 26.7 Å². The molecule has 88 valence electrons. The quantitative estimate of drug-likeness (QED) is 0.749. The maximum Gasteiger partial charge on any atom is 0.202 e. The summed E-state index contributed by atoms with van der Waals surface area (Å²) in [7, 11) is 0. The molecule has 0 atom stereocenters. The van der Waals surface area contributed by atoms with Gasteiger partial charge in [-0.15, -0.1) is 0 Å². The number of benzene rings is 1. The summed E-state index contributed by atoms with van der Waals surface area (Å²) < 4.78 is 5.46. The molecule has 0 saturated carbocycles. The number of rotatable bonds is 4. The fraction of sp³-hybridized carbons (Fsp3) is 0.267. The van der Waals surface area contributed by atoms with Crippen molar-refractivity contribution in [3.8, 4) is 0 Å². The van der Waals surface area contributed by atoms with Crippen molar-refractivity contribution in [2.24, 2.45) is 0 Å². The molecule has 0 N–H and O–H groups in total. The van der Waals surface area contributed by atoms with Crippen LogP contribution in [0.3, 0.4) is 0 Å². The number of carbonyl (C=O) groups excluding carboxylic acids is 1. The Bertz CT molecular complexity index is 523. The lowest BCUT2D eigenvalue weighted by Gasteiger charge is -2.02. The van der Waals surface area contributed by atoms with Crippen LogP contribution in [0, 0.1) is 6.92 Å². The molecule has 2 nitrogen and oxygen atoms in total. The molecule has 0 amide bonds. The van der Waals surface area contributed by atoms with Crippen molar-refractivity contribution in [1.82, 2.24) is 0 Å². The van der Waals surface area contributed by atoms with E-state index >= 15 is 0 Å². The Balaban J connectivity index is 2.14. The van der Waals surface area contributed by atoms with Gasteiger partial charge in [0.25, 0.3) is 0 Å². The first-order chi connectivity index (χ1) is 8.20. The van der Waals surface area contributed by atoms with Gasteiger partial charge in [-0.2, -0.15) is 0 Å². The van der Waals surface area contributed by atoms with E-state index in [0.717, 1.165) is 23.3 Å². The summed E-state index contributed by atoms with van der Waals surface area (Å²) in [6.07, 6.45) is 1.22. The Morgan fingerprint density at radius 2 is 1.94 bits per heavy atom. The van der Waals surface area contributed by atoms with E-state index in [2.05, 4.69) is 0 Å². The van der Waals surface area contributed by atoms with Gasteiger partial charge in [0.2, 0.25) is 5.78 Å². The molecule has 0 fully saturated rings. The highest BCUT2D eigenvalue weighted by molar-refractivity contribution is 5.95. The Labute approximate surface area is 101 Å². The van der Waals surface area contributed by atoms with Gasteiger partial charge in [-0.05, 0) is 30.2 Å². The van der Waals surface area contributed by atoms with Gasteiger partial charge in [-0.1, -0.05) is 31.2 Å². The Morgan fingerprint density at radius 3 is 2.59 bits per heavy atom. The summed E-state index contributed by atoms with van der Waals surface area (Å²) in [5.41, 5.74) is 2.20. The van der Waals surface area contributed by atoms with Crippen LogP contribution >= 0.6 is 0 Å². The predicted molar refractivity (Wildman–Crippen MR) is 67.3 cm³/mol. The SMILES string of the molecule is CCc1ccc(C(=O)Cc2ccccc2C)o1. The van der Waals surface area contributed by atoms with Gasteiger partial charge in [0.15, 0.2) is 5.76 Å². The number of hydrogen-bond acceptors (Lipinski definition) is 2. The standard InChI is InChI=1S/C15H16O2/c1-3-13-8-9-15(17-13)14(16)10-12-7-5-4-6-11(12)2/h4-9H,3,10H2,1-2H3. The Hall–Kier alpha value is -1.83. The van der Waals surface area contributed by atoms with E-state index in [-0.39, 0.29) is 5.78 Å². The summed E-state index contributed by atoms with van der Waals surface area (Å²) in [5, 5.41) is 0. The zero-order chi connectivity index (χ0) is 12.3. The fourth-order valence-corrected chi connectivity index (χ4v) is 1.79. The summed E-state index contributed by atoms with van der Waals surface area (Å²) in [4.78, 5) is 12.0. The molecule has 2 rings (SSSR count). The predicted octanol–water partition coefficient (Wildman–Crippen LogP) is 3.58. The van der Waals surface area contributed by atoms with Gasteiger partial charge in [0, 0.05) is 12.8 Å². The molecule has 0 aliphatic heterocycles. The zero-order valence-corrected chi connectivity index (χ0v) is 10.2. The van der Waals surface area contributed by atoms with Crippen LogP contribution in [0.4, 0.5) is 0 Å². The second kappa shape index (κ2) is 5.00. The van der Waals surface area contributed by atoms with E-state index < -0.39 is 0 Å². The third kappa shape index (κ3) is 2.64. The van der Waals surface area contributed by atoms with E-state index in [1.807, 2.05) is 44.2 Å². The molecule has 2 heteroatoms.